The van der Waals surface area contributed by atoms with E-state index in [0.29, 0.717) is 12.8 Å². The molecular weight excluding hydrogens is 639 g/mol. The Morgan fingerprint density at radius 1 is 0.714 bits per heavy atom. The molecule has 286 valence electrons. The minimum absolute atomic E-state index is 0.0419. The van der Waals surface area contributed by atoms with E-state index in [1.54, 1.807) is 6.08 Å². The molecule has 0 radical (unpaired) electrons. The zero-order valence-electron chi connectivity index (χ0n) is 31.0. The fourth-order valence-electron chi connectivity index (χ4n) is 5.24. The van der Waals surface area contributed by atoms with Crippen LogP contribution in [0.5, 0.6) is 0 Å². The summed E-state index contributed by atoms with van der Waals surface area (Å²) in [5.74, 6) is -0.465. The number of rotatable bonds is 35. The first-order valence-electron chi connectivity index (χ1n) is 19.4. The average Bonchev–Trinajstić information content (AvgIpc) is 3.07. The number of phosphoric acid groups is 1. The van der Waals surface area contributed by atoms with Crippen molar-refractivity contribution in [1.29, 1.82) is 0 Å². The fraction of sp³-hybridized carbons (Fsp3) is 0.769. The van der Waals surface area contributed by atoms with E-state index in [2.05, 4.69) is 55.6 Å². The summed E-state index contributed by atoms with van der Waals surface area (Å²) in [6, 6.07) is -1.000. The fourth-order valence-corrected chi connectivity index (χ4v) is 6.00. The van der Waals surface area contributed by atoms with E-state index in [1.165, 1.54) is 83.5 Å². The van der Waals surface area contributed by atoms with Crippen molar-refractivity contribution in [3.63, 3.8) is 0 Å². The lowest BCUT2D eigenvalue weighted by Gasteiger charge is -2.24. The van der Waals surface area contributed by atoms with Gasteiger partial charge in [-0.25, -0.2) is 4.57 Å². The van der Waals surface area contributed by atoms with E-state index in [1.807, 2.05) is 6.08 Å². The molecule has 0 aliphatic rings. The highest BCUT2D eigenvalue weighted by Gasteiger charge is 2.27. The van der Waals surface area contributed by atoms with Crippen LogP contribution in [-0.2, 0) is 18.4 Å². The summed E-state index contributed by atoms with van der Waals surface area (Å²) in [7, 11) is -4.40. The van der Waals surface area contributed by atoms with Crippen LogP contribution >= 0.6 is 7.82 Å². The number of carbonyl (C=O) groups is 1. The van der Waals surface area contributed by atoms with Crippen LogP contribution in [0.3, 0.4) is 0 Å². The monoisotopic (exact) mass is 713 g/mol. The third kappa shape index (κ3) is 33.3. The molecule has 0 saturated carbocycles. The smallest absolute Gasteiger partial charge is 0.393 e. The number of allylic oxidation sites excluding steroid dienone is 7. The first-order valence-corrected chi connectivity index (χ1v) is 20.9. The van der Waals surface area contributed by atoms with Crippen molar-refractivity contribution in [2.75, 3.05) is 19.8 Å². The summed E-state index contributed by atoms with van der Waals surface area (Å²) < 4.78 is 21.9. The molecule has 4 atom stereocenters. The van der Waals surface area contributed by atoms with Gasteiger partial charge in [0.2, 0.25) is 5.91 Å². The Morgan fingerprint density at radius 2 is 1.22 bits per heavy atom. The standard InChI is InChI=1S/C39H73N2O7P/c1-3-5-7-9-11-13-15-16-17-18-19-20-21-22-24-26-28-30-36(42)34-39(44)41-37(35-48-49(45,46)47-33-32-40)38(43)31-29-27-25-23-14-12-10-8-6-4-2/h11,13-16,23,29,31,36-38,42-43H,3-10,12,17-22,24-28,30,32-35,40H2,1-2H3,(H,41,44)(H,45,46)/b13-11-,16-15-,23-14+,31-29+. The number of nitrogens with one attached hydrogen (secondary N) is 1. The zero-order valence-corrected chi connectivity index (χ0v) is 31.9. The highest BCUT2D eigenvalue weighted by molar-refractivity contribution is 7.47. The second kappa shape index (κ2) is 34.9. The predicted octanol–water partition coefficient (Wildman–Crippen LogP) is 9.13. The summed E-state index contributed by atoms with van der Waals surface area (Å²) in [5.41, 5.74) is 5.34. The van der Waals surface area contributed by atoms with Crippen molar-refractivity contribution < 1.29 is 33.5 Å². The van der Waals surface area contributed by atoms with Gasteiger partial charge in [-0.15, -0.1) is 0 Å². The molecule has 0 bridgehead atoms. The van der Waals surface area contributed by atoms with Gasteiger partial charge in [0.05, 0.1) is 37.9 Å². The second-order valence-corrected chi connectivity index (χ2v) is 14.4. The lowest BCUT2D eigenvalue weighted by molar-refractivity contribution is -0.124. The van der Waals surface area contributed by atoms with E-state index in [-0.39, 0.29) is 19.6 Å². The normalized spacial score (nSPS) is 15.5. The van der Waals surface area contributed by atoms with Gasteiger partial charge in [0.25, 0.3) is 0 Å². The summed E-state index contributed by atoms with van der Waals surface area (Å²) in [6.07, 6.45) is 37.7. The van der Waals surface area contributed by atoms with Gasteiger partial charge in [-0.05, 0) is 57.8 Å². The summed E-state index contributed by atoms with van der Waals surface area (Å²) in [6.45, 7) is 3.85. The number of amides is 1. The maximum atomic E-state index is 12.7. The van der Waals surface area contributed by atoms with Crippen molar-refractivity contribution in [2.24, 2.45) is 5.73 Å². The molecule has 4 unspecified atom stereocenters. The number of phosphoric ester groups is 1. The van der Waals surface area contributed by atoms with Crippen molar-refractivity contribution >= 4 is 13.7 Å². The Hall–Kier alpha value is -1.58. The van der Waals surface area contributed by atoms with Crippen LogP contribution in [0.1, 0.15) is 155 Å². The molecule has 1 amide bonds. The third-order valence-electron chi connectivity index (χ3n) is 8.21. The van der Waals surface area contributed by atoms with E-state index < -0.39 is 38.6 Å². The summed E-state index contributed by atoms with van der Waals surface area (Å²) in [5, 5.41) is 23.9. The molecule has 6 N–H and O–H groups in total. The Labute approximate surface area is 299 Å². The number of nitrogens with two attached hydrogens (primary N) is 1. The first kappa shape index (κ1) is 47.4. The third-order valence-corrected chi connectivity index (χ3v) is 9.19. The predicted molar refractivity (Wildman–Crippen MR) is 204 cm³/mol. The maximum absolute atomic E-state index is 12.7. The van der Waals surface area contributed by atoms with Crippen LogP contribution in [0.2, 0.25) is 0 Å². The first-order chi connectivity index (χ1) is 23.8. The molecule has 0 aromatic heterocycles. The number of unbranched alkanes of at least 4 members (excludes halogenated alkanes) is 16. The molecule has 0 spiro atoms. The van der Waals surface area contributed by atoms with Crippen LogP contribution in [-0.4, -0.2) is 59.0 Å². The number of aliphatic hydroxyl groups is 2. The van der Waals surface area contributed by atoms with Crippen molar-refractivity contribution in [2.45, 2.75) is 173 Å². The zero-order chi connectivity index (χ0) is 36.3. The molecule has 0 fully saturated rings. The summed E-state index contributed by atoms with van der Waals surface area (Å²) >= 11 is 0. The van der Waals surface area contributed by atoms with E-state index >= 15 is 0 Å². The topological polar surface area (TPSA) is 151 Å². The minimum atomic E-state index is -4.40. The van der Waals surface area contributed by atoms with Crippen molar-refractivity contribution in [1.82, 2.24) is 5.32 Å². The molecule has 0 heterocycles. The number of hydrogen-bond acceptors (Lipinski definition) is 7. The molecule has 0 aromatic carbocycles. The minimum Gasteiger partial charge on any atom is -0.393 e. The Morgan fingerprint density at radius 3 is 1.86 bits per heavy atom. The molecule has 0 aliphatic heterocycles. The van der Waals surface area contributed by atoms with Gasteiger partial charge in [-0.1, -0.05) is 140 Å². The van der Waals surface area contributed by atoms with Gasteiger partial charge >= 0.3 is 7.82 Å². The van der Waals surface area contributed by atoms with Gasteiger partial charge in [-0.2, -0.15) is 0 Å². The molecule has 0 aromatic rings. The van der Waals surface area contributed by atoms with E-state index in [4.69, 9.17) is 14.8 Å². The van der Waals surface area contributed by atoms with Gasteiger partial charge in [0, 0.05) is 6.54 Å². The SMILES string of the molecule is CCCCC/C=C\C=C/CCCCCCCCCCC(O)CC(=O)NC(COP(=O)(O)OCCN)C(O)/C=C/CC/C=C/CCCCCC. The molecule has 9 nitrogen and oxygen atoms in total. The summed E-state index contributed by atoms with van der Waals surface area (Å²) in [4.78, 5) is 22.6. The highest BCUT2D eigenvalue weighted by Crippen LogP contribution is 2.43. The van der Waals surface area contributed by atoms with Gasteiger partial charge in [0.1, 0.15) is 0 Å². The number of aliphatic hydroxyl groups excluding tert-OH is 2. The lowest BCUT2D eigenvalue weighted by atomic mass is 10.0. The van der Waals surface area contributed by atoms with Gasteiger partial charge < -0.3 is 26.2 Å². The number of hydrogen-bond donors (Lipinski definition) is 5. The van der Waals surface area contributed by atoms with Crippen molar-refractivity contribution in [3.8, 4) is 0 Å². The number of carbonyl (C=O) groups excluding carboxylic acids is 1. The molecule has 0 aliphatic carbocycles. The molecule has 10 heteroatoms. The molecule has 49 heavy (non-hydrogen) atoms. The average molecular weight is 713 g/mol. The van der Waals surface area contributed by atoms with Crippen LogP contribution in [0.4, 0.5) is 0 Å². The van der Waals surface area contributed by atoms with Crippen molar-refractivity contribution in [3.05, 3.63) is 48.6 Å². The van der Waals surface area contributed by atoms with Crippen LogP contribution in [0.25, 0.3) is 0 Å². The highest BCUT2D eigenvalue weighted by atomic mass is 31.2. The molecule has 0 saturated heterocycles. The quantitative estimate of drug-likeness (QED) is 0.0189. The second-order valence-electron chi connectivity index (χ2n) is 13.0. The molecule has 0 rings (SSSR count). The van der Waals surface area contributed by atoms with E-state index in [9.17, 15) is 24.5 Å². The van der Waals surface area contributed by atoms with Gasteiger partial charge in [-0.3, -0.25) is 13.8 Å². The van der Waals surface area contributed by atoms with Crippen LogP contribution in [0.15, 0.2) is 48.6 Å². The van der Waals surface area contributed by atoms with E-state index in [0.717, 1.165) is 38.5 Å². The Balaban J connectivity index is 4.38. The lowest BCUT2D eigenvalue weighted by Crippen LogP contribution is -2.46. The van der Waals surface area contributed by atoms with Gasteiger partial charge in [0.15, 0.2) is 0 Å². The molecular formula is C39H73N2O7P. The Kier molecular flexibility index (Phi) is 33.7. The largest absolute Gasteiger partial charge is 0.472 e. The van der Waals surface area contributed by atoms with Crippen LogP contribution in [0, 0.1) is 0 Å². The Bertz CT molecular complexity index is 925. The maximum Gasteiger partial charge on any atom is 0.472 e. The van der Waals surface area contributed by atoms with Crippen LogP contribution < -0.4 is 11.1 Å².